The van der Waals surface area contributed by atoms with E-state index >= 15 is 0 Å². The van der Waals surface area contributed by atoms with Crippen molar-refractivity contribution < 1.29 is 4.79 Å². The highest BCUT2D eigenvalue weighted by Gasteiger charge is 2.03. The second-order valence-electron chi connectivity index (χ2n) is 2.96. The standard InChI is InChI=1S/C11H10N2O/c1-12-10-4-2-3-8-9(10)5-6-13-11(8)7-14/h2-7,12H,1H3. The lowest BCUT2D eigenvalue weighted by Gasteiger charge is -2.05. The zero-order valence-electron chi connectivity index (χ0n) is 7.82. The molecule has 0 aliphatic heterocycles. The maximum Gasteiger partial charge on any atom is 0.169 e. The SMILES string of the molecule is CNc1cccc2c(C=O)nccc12. The molecule has 1 heterocycles. The topological polar surface area (TPSA) is 42.0 Å². The average Bonchev–Trinajstić information content (AvgIpc) is 2.27. The highest BCUT2D eigenvalue weighted by atomic mass is 16.1. The smallest absolute Gasteiger partial charge is 0.169 e. The summed E-state index contributed by atoms with van der Waals surface area (Å²) in [6.45, 7) is 0. The minimum atomic E-state index is 0.486. The van der Waals surface area contributed by atoms with E-state index in [4.69, 9.17) is 0 Å². The number of hydrogen-bond acceptors (Lipinski definition) is 3. The van der Waals surface area contributed by atoms with E-state index in [-0.39, 0.29) is 0 Å². The van der Waals surface area contributed by atoms with E-state index in [2.05, 4.69) is 10.3 Å². The van der Waals surface area contributed by atoms with Gasteiger partial charge in [0, 0.05) is 29.7 Å². The van der Waals surface area contributed by atoms with Crippen LogP contribution in [0.4, 0.5) is 5.69 Å². The number of pyridine rings is 1. The third-order valence-corrected chi connectivity index (χ3v) is 2.22. The van der Waals surface area contributed by atoms with Gasteiger partial charge in [0.2, 0.25) is 0 Å². The number of carbonyl (C=O) groups is 1. The van der Waals surface area contributed by atoms with Crippen molar-refractivity contribution in [3.05, 3.63) is 36.2 Å². The van der Waals surface area contributed by atoms with Crippen molar-refractivity contribution in [2.45, 2.75) is 0 Å². The van der Waals surface area contributed by atoms with Crippen molar-refractivity contribution >= 4 is 22.7 Å². The number of benzene rings is 1. The van der Waals surface area contributed by atoms with E-state index in [1.165, 1.54) is 0 Å². The number of fused-ring (bicyclic) bond motifs is 1. The lowest BCUT2D eigenvalue weighted by Crippen LogP contribution is -1.93. The van der Waals surface area contributed by atoms with Crippen LogP contribution in [0.1, 0.15) is 10.5 Å². The number of nitrogens with zero attached hydrogens (tertiary/aromatic N) is 1. The van der Waals surface area contributed by atoms with E-state index in [9.17, 15) is 4.79 Å². The molecule has 0 fully saturated rings. The zero-order chi connectivity index (χ0) is 9.97. The molecule has 0 saturated carbocycles. The molecule has 0 saturated heterocycles. The number of carbonyl (C=O) groups excluding carboxylic acids is 1. The summed E-state index contributed by atoms with van der Waals surface area (Å²) in [6, 6.07) is 7.67. The van der Waals surface area contributed by atoms with Gasteiger partial charge in [0.05, 0.1) is 0 Å². The molecule has 70 valence electrons. The highest BCUT2D eigenvalue weighted by molar-refractivity contribution is 6.01. The van der Waals surface area contributed by atoms with Crippen molar-refractivity contribution in [1.82, 2.24) is 4.98 Å². The van der Waals surface area contributed by atoms with Gasteiger partial charge in [-0.15, -0.1) is 0 Å². The number of aldehydes is 1. The van der Waals surface area contributed by atoms with Crippen LogP contribution >= 0.6 is 0 Å². The molecule has 0 unspecified atom stereocenters. The van der Waals surface area contributed by atoms with Gasteiger partial charge in [-0.1, -0.05) is 12.1 Å². The van der Waals surface area contributed by atoms with Gasteiger partial charge in [0.1, 0.15) is 5.69 Å². The molecule has 0 bridgehead atoms. The molecular formula is C11H10N2O. The molecular weight excluding hydrogens is 176 g/mol. The molecule has 0 radical (unpaired) electrons. The Kier molecular flexibility index (Phi) is 2.14. The summed E-state index contributed by atoms with van der Waals surface area (Å²) in [5.74, 6) is 0. The summed E-state index contributed by atoms with van der Waals surface area (Å²) in [5, 5.41) is 4.98. The third-order valence-electron chi connectivity index (χ3n) is 2.22. The van der Waals surface area contributed by atoms with E-state index in [1.54, 1.807) is 6.20 Å². The van der Waals surface area contributed by atoms with E-state index in [1.807, 2.05) is 31.3 Å². The van der Waals surface area contributed by atoms with E-state index in [0.29, 0.717) is 5.69 Å². The lowest BCUT2D eigenvalue weighted by molar-refractivity contribution is 0.112. The largest absolute Gasteiger partial charge is 0.388 e. The Labute approximate surface area is 81.8 Å². The number of nitrogens with one attached hydrogen (secondary N) is 1. The molecule has 3 heteroatoms. The Bertz CT molecular complexity index is 480. The van der Waals surface area contributed by atoms with Crippen LogP contribution in [0.3, 0.4) is 0 Å². The zero-order valence-corrected chi connectivity index (χ0v) is 7.82. The predicted molar refractivity (Wildman–Crippen MR) is 56.7 cm³/mol. The van der Waals surface area contributed by atoms with Crippen LogP contribution in [0.5, 0.6) is 0 Å². The van der Waals surface area contributed by atoms with Crippen molar-refractivity contribution in [3.63, 3.8) is 0 Å². The second kappa shape index (κ2) is 3.46. The van der Waals surface area contributed by atoms with Crippen LogP contribution in [0.15, 0.2) is 30.5 Å². The van der Waals surface area contributed by atoms with Crippen LogP contribution < -0.4 is 5.32 Å². The molecule has 1 aromatic carbocycles. The van der Waals surface area contributed by atoms with Crippen molar-refractivity contribution in [1.29, 1.82) is 0 Å². The lowest BCUT2D eigenvalue weighted by atomic mass is 10.1. The summed E-state index contributed by atoms with van der Waals surface area (Å²) in [7, 11) is 1.86. The first-order valence-corrected chi connectivity index (χ1v) is 4.37. The minimum absolute atomic E-state index is 0.486. The molecule has 0 spiro atoms. The first-order chi connectivity index (χ1) is 6.86. The highest BCUT2D eigenvalue weighted by Crippen LogP contribution is 2.23. The Morgan fingerprint density at radius 1 is 1.29 bits per heavy atom. The van der Waals surface area contributed by atoms with E-state index < -0.39 is 0 Å². The molecule has 14 heavy (non-hydrogen) atoms. The van der Waals surface area contributed by atoms with Crippen molar-refractivity contribution in [2.75, 3.05) is 12.4 Å². The monoisotopic (exact) mass is 186 g/mol. The van der Waals surface area contributed by atoms with Crippen molar-refractivity contribution in [3.8, 4) is 0 Å². The van der Waals surface area contributed by atoms with E-state index in [0.717, 1.165) is 22.7 Å². The molecule has 0 atom stereocenters. The van der Waals surface area contributed by atoms with Gasteiger partial charge in [-0.2, -0.15) is 0 Å². The molecule has 2 aromatic rings. The summed E-state index contributed by atoms with van der Waals surface area (Å²) in [6.07, 6.45) is 2.43. The normalized spacial score (nSPS) is 10.1. The van der Waals surface area contributed by atoms with Crippen LogP contribution in [-0.4, -0.2) is 18.3 Å². The molecule has 2 rings (SSSR count). The first-order valence-electron chi connectivity index (χ1n) is 4.37. The molecule has 3 nitrogen and oxygen atoms in total. The van der Waals surface area contributed by atoms with Crippen LogP contribution in [0, 0.1) is 0 Å². The van der Waals surface area contributed by atoms with Crippen LogP contribution in [0.2, 0.25) is 0 Å². The summed E-state index contributed by atoms with van der Waals surface area (Å²) < 4.78 is 0. The quantitative estimate of drug-likeness (QED) is 0.730. The van der Waals surface area contributed by atoms with Gasteiger partial charge in [-0.05, 0) is 12.1 Å². The Balaban J connectivity index is 2.84. The fraction of sp³-hybridized carbons (Fsp3) is 0.0909. The molecule has 0 aliphatic rings. The van der Waals surface area contributed by atoms with Gasteiger partial charge >= 0.3 is 0 Å². The number of hydrogen-bond donors (Lipinski definition) is 1. The Morgan fingerprint density at radius 2 is 2.14 bits per heavy atom. The predicted octanol–water partition coefficient (Wildman–Crippen LogP) is 2.09. The summed E-state index contributed by atoms with van der Waals surface area (Å²) in [4.78, 5) is 14.7. The number of anilines is 1. The van der Waals surface area contributed by atoms with Gasteiger partial charge in [0.15, 0.2) is 6.29 Å². The Morgan fingerprint density at radius 3 is 2.86 bits per heavy atom. The number of rotatable bonds is 2. The Hall–Kier alpha value is -1.90. The maximum atomic E-state index is 10.7. The minimum Gasteiger partial charge on any atom is -0.388 e. The van der Waals surface area contributed by atoms with Crippen LogP contribution in [-0.2, 0) is 0 Å². The molecule has 0 aliphatic carbocycles. The summed E-state index contributed by atoms with van der Waals surface area (Å²) in [5.41, 5.74) is 1.49. The average molecular weight is 186 g/mol. The molecule has 0 amide bonds. The number of aromatic nitrogens is 1. The molecule has 1 N–H and O–H groups in total. The van der Waals surface area contributed by atoms with Gasteiger partial charge in [0.25, 0.3) is 0 Å². The maximum absolute atomic E-state index is 10.7. The van der Waals surface area contributed by atoms with Gasteiger partial charge < -0.3 is 5.32 Å². The third kappa shape index (κ3) is 1.23. The fourth-order valence-corrected chi connectivity index (χ4v) is 1.54. The fourth-order valence-electron chi connectivity index (χ4n) is 1.54. The molecule has 1 aromatic heterocycles. The summed E-state index contributed by atoms with van der Waals surface area (Å²) >= 11 is 0. The van der Waals surface area contributed by atoms with Gasteiger partial charge in [-0.25, -0.2) is 0 Å². The van der Waals surface area contributed by atoms with Crippen LogP contribution in [0.25, 0.3) is 10.8 Å². The first kappa shape index (κ1) is 8.69. The van der Waals surface area contributed by atoms with Crippen molar-refractivity contribution in [2.24, 2.45) is 0 Å². The van der Waals surface area contributed by atoms with Gasteiger partial charge in [-0.3, -0.25) is 9.78 Å². The second-order valence-corrected chi connectivity index (χ2v) is 2.96.